The minimum Gasteiger partial charge on any atom is -0.491 e. The first-order valence-electron chi connectivity index (χ1n) is 12.5. The van der Waals surface area contributed by atoms with Crippen LogP contribution < -0.4 is 18.9 Å². The lowest BCUT2D eigenvalue weighted by Gasteiger charge is -2.23. The highest BCUT2D eigenvalue weighted by Crippen LogP contribution is 2.29. The smallest absolute Gasteiger partial charge is 0.132 e. The lowest BCUT2D eigenvalue weighted by Crippen LogP contribution is -2.31. The molecule has 4 aromatic rings. The molecule has 0 radical (unpaired) electrons. The molecule has 4 aromatic carbocycles. The Kier molecular flexibility index (Phi) is 6.30. The summed E-state index contributed by atoms with van der Waals surface area (Å²) >= 11 is 0. The van der Waals surface area contributed by atoms with Crippen LogP contribution in [0.2, 0.25) is 0 Å². The Bertz CT molecular complexity index is 1260. The molecule has 4 unspecified atom stereocenters. The first kappa shape index (κ1) is 23.0. The van der Waals surface area contributed by atoms with E-state index < -0.39 is 0 Å². The third kappa shape index (κ3) is 5.66. The van der Waals surface area contributed by atoms with Crippen LogP contribution in [0.5, 0.6) is 23.0 Å². The molecule has 0 saturated carbocycles. The molecule has 2 fully saturated rings. The van der Waals surface area contributed by atoms with E-state index in [1.807, 2.05) is 50.2 Å². The van der Waals surface area contributed by atoms with Gasteiger partial charge in [-0.2, -0.15) is 0 Å². The van der Waals surface area contributed by atoms with Gasteiger partial charge in [0, 0.05) is 0 Å². The van der Waals surface area contributed by atoms with Gasteiger partial charge < -0.3 is 28.4 Å². The molecule has 2 heterocycles. The maximum atomic E-state index is 6.23. The van der Waals surface area contributed by atoms with Crippen LogP contribution in [0.15, 0.2) is 72.8 Å². The van der Waals surface area contributed by atoms with E-state index in [0.717, 1.165) is 57.8 Å². The van der Waals surface area contributed by atoms with Crippen molar-refractivity contribution in [2.45, 2.75) is 38.3 Å². The Hall–Kier alpha value is -3.48. The fraction of sp³-hybridized carbons (Fsp3) is 0.333. The molecule has 186 valence electrons. The molecule has 6 heteroatoms. The van der Waals surface area contributed by atoms with Gasteiger partial charge in [0.25, 0.3) is 0 Å². The summed E-state index contributed by atoms with van der Waals surface area (Å²) in [6, 6.07) is 24.4. The molecule has 0 amide bonds. The van der Waals surface area contributed by atoms with Crippen LogP contribution in [0, 0.1) is 0 Å². The third-order valence-electron chi connectivity index (χ3n) is 6.55. The average Bonchev–Trinajstić information content (AvgIpc) is 3.81. The summed E-state index contributed by atoms with van der Waals surface area (Å²) in [5, 5.41) is 4.43. The highest BCUT2D eigenvalue weighted by atomic mass is 16.6. The van der Waals surface area contributed by atoms with Crippen LogP contribution >= 0.6 is 0 Å². The van der Waals surface area contributed by atoms with E-state index in [1.165, 1.54) is 0 Å². The van der Waals surface area contributed by atoms with Gasteiger partial charge in [0.2, 0.25) is 0 Å². The first-order valence-corrected chi connectivity index (χ1v) is 12.5. The summed E-state index contributed by atoms with van der Waals surface area (Å²) in [6.45, 7) is 6.85. The predicted octanol–water partition coefficient (Wildman–Crippen LogP) is 5.78. The van der Waals surface area contributed by atoms with Gasteiger partial charge in [-0.3, -0.25) is 0 Å². The van der Waals surface area contributed by atoms with E-state index in [4.69, 9.17) is 28.4 Å². The maximum absolute atomic E-state index is 6.23. The Morgan fingerprint density at radius 1 is 0.583 bits per heavy atom. The standard InChI is InChI=1S/C30H30O6/c1-19(35-27-9-5-21-11-25(7-3-23(21)13-27)31-15-29-17-33-29)20(2)36-28-10-6-22-12-26(8-4-24(22)14-28)32-16-30-18-34-30/h3-14,19-20,29-30H,15-18H2,1-2H3. The molecule has 2 aliphatic rings. The van der Waals surface area contributed by atoms with Crippen LogP contribution in [0.3, 0.4) is 0 Å². The van der Waals surface area contributed by atoms with E-state index in [9.17, 15) is 0 Å². The van der Waals surface area contributed by atoms with Crippen molar-refractivity contribution in [3.8, 4) is 23.0 Å². The molecule has 0 aromatic heterocycles. The summed E-state index contributed by atoms with van der Waals surface area (Å²) < 4.78 is 34.5. The summed E-state index contributed by atoms with van der Waals surface area (Å²) in [6.07, 6.45) is 0.216. The molecule has 6 rings (SSSR count). The van der Waals surface area contributed by atoms with Crippen molar-refractivity contribution in [2.75, 3.05) is 26.4 Å². The van der Waals surface area contributed by atoms with Gasteiger partial charge in [-0.15, -0.1) is 0 Å². The number of ether oxygens (including phenoxy) is 6. The van der Waals surface area contributed by atoms with Crippen LogP contribution in [-0.4, -0.2) is 50.8 Å². The zero-order valence-corrected chi connectivity index (χ0v) is 20.5. The number of epoxide rings is 2. The number of hydrogen-bond acceptors (Lipinski definition) is 6. The zero-order chi connectivity index (χ0) is 24.5. The second kappa shape index (κ2) is 9.88. The number of benzene rings is 4. The summed E-state index contributed by atoms with van der Waals surface area (Å²) in [5.41, 5.74) is 0. The summed E-state index contributed by atoms with van der Waals surface area (Å²) in [4.78, 5) is 0. The van der Waals surface area contributed by atoms with Gasteiger partial charge in [-0.05, 0) is 83.9 Å². The fourth-order valence-electron chi connectivity index (χ4n) is 4.06. The average molecular weight is 487 g/mol. The molecular formula is C30H30O6. The van der Waals surface area contributed by atoms with Crippen LogP contribution in [0.4, 0.5) is 0 Å². The molecule has 0 N–H and O–H groups in total. The van der Waals surface area contributed by atoms with Gasteiger partial charge in [0.1, 0.15) is 60.6 Å². The topological polar surface area (TPSA) is 62.0 Å². The number of fused-ring (bicyclic) bond motifs is 2. The van der Waals surface area contributed by atoms with Crippen molar-refractivity contribution in [2.24, 2.45) is 0 Å². The van der Waals surface area contributed by atoms with Crippen molar-refractivity contribution in [3.05, 3.63) is 72.8 Å². The van der Waals surface area contributed by atoms with E-state index >= 15 is 0 Å². The van der Waals surface area contributed by atoms with Crippen molar-refractivity contribution in [1.82, 2.24) is 0 Å². The van der Waals surface area contributed by atoms with Gasteiger partial charge in [0.15, 0.2) is 0 Å². The SMILES string of the molecule is CC(Oc1ccc2cc(OCC3CO3)ccc2c1)C(C)Oc1ccc2cc(OCC3CO3)ccc2c1. The molecule has 0 aliphatic carbocycles. The fourth-order valence-corrected chi connectivity index (χ4v) is 4.06. The quantitative estimate of drug-likeness (QED) is 0.250. The lowest BCUT2D eigenvalue weighted by molar-refractivity contribution is 0.0781. The number of rotatable bonds is 11. The molecule has 4 atom stereocenters. The third-order valence-corrected chi connectivity index (χ3v) is 6.55. The largest absolute Gasteiger partial charge is 0.491 e. The molecule has 2 aliphatic heterocycles. The van der Waals surface area contributed by atoms with E-state index in [1.54, 1.807) is 0 Å². The number of hydrogen-bond donors (Lipinski definition) is 0. The molecule has 36 heavy (non-hydrogen) atoms. The highest BCUT2D eigenvalue weighted by molar-refractivity contribution is 5.86. The van der Waals surface area contributed by atoms with Crippen molar-refractivity contribution < 1.29 is 28.4 Å². The van der Waals surface area contributed by atoms with Gasteiger partial charge in [-0.25, -0.2) is 0 Å². The van der Waals surface area contributed by atoms with Crippen molar-refractivity contribution in [3.63, 3.8) is 0 Å². The minimum atomic E-state index is -0.139. The highest BCUT2D eigenvalue weighted by Gasteiger charge is 2.24. The Labute approximate surface area is 210 Å². The first-order chi connectivity index (χ1) is 17.6. The van der Waals surface area contributed by atoms with Crippen molar-refractivity contribution >= 4 is 21.5 Å². The Morgan fingerprint density at radius 3 is 1.28 bits per heavy atom. The summed E-state index contributed by atoms with van der Waals surface area (Å²) in [5.74, 6) is 3.34. The second-order valence-electron chi connectivity index (χ2n) is 9.52. The molecule has 0 bridgehead atoms. The van der Waals surface area contributed by atoms with Crippen LogP contribution in [0.1, 0.15) is 13.8 Å². The molecule has 0 spiro atoms. The normalized spacial score (nSPS) is 20.1. The van der Waals surface area contributed by atoms with Gasteiger partial charge >= 0.3 is 0 Å². The Balaban J connectivity index is 1.07. The molecular weight excluding hydrogens is 456 g/mol. The van der Waals surface area contributed by atoms with E-state index in [-0.39, 0.29) is 24.4 Å². The maximum Gasteiger partial charge on any atom is 0.132 e. The Morgan fingerprint density at radius 2 is 0.917 bits per heavy atom. The molecule has 2 saturated heterocycles. The van der Waals surface area contributed by atoms with Crippen LogP contribution in [0.25, 0.3) is 21.5 Å². The van der Waals surface area contributed by atoms with Crippen LogP contribution in [-0.2, 0) is 9.47 Å². The minimum absolute atomic E-state index is 0.139. The van der Waals surface area contributed by atoms with Gasteiger partial charge in [-0.1, -0.05) is 24.3 Å². The van der Waals surface area contributed by atoms with E-state index in [0.29, 0.717) is 13.2 Å². The van der Waals surface area contributed by atoms with Crippen molar-refractivity contribution in [1.29, 1.82) is 0 Å². The lowest BCUT2D eigenvalue weighted by atomic mass is 10.1. The zero-order valence-electron chi connectivity index (χ0n) is 20.5. The monoisotopic (exact) mass is 486 g/mol. The summed E-state index contributed by atoms with van der Waals surface area (Å²) in [7, 11) is 0. The molecule has 6 nitrogen and oxygen atoms in total. The predicted molar refractivity (Wildman–Crippen MR) is 139 cm³/mol. The second-order valence-corrected chi connectivity index (χ2v) is 9.52. The van der Waals surface area contributed by atoms with Gasteiger partial charge in [0.05, 0.1) is 13.2 Å². The van der Waals surface area contributed by atoms with E-state index in [2.05, 4.69) is 36.4 Å².